The second-order valence-electron chi connectivity index (χ2n) is 7.72. The highest BCUT2D eigenvalue weighted by molar-refractivity contribution is 6.30. The van der Waals surface area contributed by atoms with Gasteiger partial charge in [0.2, 0.25) is 12.7 Å². The number of hydrogen-bond donors (Lipinski definition) is 1. The fraction of sp³-hybridized carbons (Fsp3) is 0.167. The van der Waals surface area contributed by atoms with E-state index in [0.29, 0.717) is 22.0 Å². The number of amides is 1. The number of ether oxygens (including phenoxy) is 2. The third kappa shape index (κ3) is 4.25. The van der Waals surface area contributed by atoms with E-state index < -0.39 is 11.2 Å². The Labute approximate surface area is 198 Å². The molecule has 1 aliphatic rings. The van der Waals surface area contributed by atoms with Crippen LogP contribution in [0.5, 0.6) is 11.5 Å². The van der Waals surface area contributed by atoms with Gasteiger partial charge in [0.05, 0.1) is 12.1 Å². The fourth-order valence-electron chi connectivity index (χ4n) is 3.76. The van der Waals surface area contributed by atoms with Crippen molar-refractivity contribution in [3.05, 3.63) is 97.8 Å². The van der Waals surface area contributed by atoms with E-state index in [1.807, 2.05) is 6.07 Å². The van der Waals surface area contributed by atoms with Gasteiger partial charge in [-0.3, -0.25) is 18.7 Å². The lowest BCUT2D eigenvalue weighted by molar-refractivity contribution is -0.121. The van der Waals surface area contributed by atoms with E-state index in [-0.39, 0.29) is 37.9 Å². The minimum Gasteiger partial charge on any atom is -0.454 e. The Bertz CT molecular complexity index is 1510. The minimum atomic E-state index is -0.598. The topological polar surface area (TPSA) is 104 Å². The van der Waals surface area contributed by atoms with Crippen molar-refractivity contribution >= 4 is 28.5 Å². The van der Waals surface area contributed by atoms with Crippen LogP contribution in [0.25, 0.3) is 11.0 Å². The SMILES string of the molecule is O=C(Cn1c(=O)n(Cc2ccc(Cl)cc2)c(=O)c2ncccc21)NCc1ccc2c(c1)OCO2. The molecule has 0 unspecified atom stereocenters. The number of hydrogen-bond acceptors (Lipinski definition) is 6. The smallest absolute Gasteiger partial charge is 0.332 e. The molecule has 1 aliphatic heterocycles. The van der Waals surface area contributed by atoms with Crippen LogP contribution in [-0.4, -0.2) is 26.8 Å². The highest BCUT2D eigenvalue weighted by atomic mass is 35.5. The molecule has 3 heterocycles. The molecule has 10 heteroatoms. The quantitative estimate of drug-likeness (QED) is 0.456. The predicted molar refractivity (Wildman–Crippen MR) is 125 cm³/mol. The Balaban J connectivity index is 1.42. The number of aromatic nitrogens is 3. The van der Waals surface area contributed by atoms with E-state index in [0.717, 1.165) is 15.7 Å². The van der Waals surface area contributed by atoms with Crippen LogP contribution in [0.1, 0.15) is 11.1 Å². The molecule has 172 valence electrons. The second-order valence-corrected chi connectivity index (χ2v) is 8.16. The number of nitrogens with zero attached hydrogens (tertiary/aromatic N) is 3. The lowest BCUT2D eigenvalue weighted by Crippen LogP contribution is -2.43. The summed E-state index contributed by atoms with van der Waals surface area (Å²) in [6.07, 6.45) is 1.48. The maximum atomic E-state index is 13.3. The number of carbonyl (C=O) groups excluding carboxylic acids is 1. The van der Waals surface area contributed by atoms with E-state index >= 15 is 0 Å². The Hall–Kier alpha value is -4.11. The summed E-state index contributed by atoms with van der Waals surface area (Å²) in [7, 11) is 0. The highest BCUT2D eigenvalue weighted by Crippen LogP contribution is 2.32. The Morgan fingerprint density at radius 3 is 2.59 bits per heavy atom. The van der Waals surface area contributed by atoms with Gasteiger partial charge in [0.25, 0.3) is 5.56 Å². The molecule has 2 aromatic carbocycles. The van der Waals surface area contributed by atoms with Crippen molar-refractivity contribution in [3.63, 3.8) is 0 Å². The summed E-state index contributed by atoms with van der Waals surface area (Å²) in [5.41, 5.74) is 0.829. The van der Waals surface area contributed by atoms with Crippen LogP contribution in [-0.2, 0) is 24.4 Å². The molecule has 34 heavy (non-hydrogen) atoms. The lowest BCUT2D eigenvalue weighted by atomic mass is 10.2. The van der Waals surface area contributed by atoms with Crippen molar-refractivity contribution in [1.82, 2.24) is 19.4 Å². The number of fused-ring (bicyclic) bond motifs is 2. The fourth-order valence-corrected chi connectivity index (χ4v) is 3.88. The standard InChI is InChI=1S/C24H19ClN4O5/c25-17-6-3-15(4-7-17)12-29-23(31)22-18(2-1-9-26-22)28(24(29)32)13-21(30)27-11-16-5-8-19-20(10-16)34-14-33-19/h1-10H,11-14H2,(H,27,30). The maximum absolute atomic E-state index is 13.3. The predicted octanol–water partition coefficient (Wildman–Crippen LogP) is 2.30. The van der Waals surface area contributed by atoms with Crippen LogP contribution in [0.4, 0.5) is 0 Å². The molecule has 4 aromatic rings. The zero-order chi connectivity index (χ0) is 23.7. The second kappa shape index (κ2) is 9.03. The number of nitrogens with one attached hydrogen (secondary N) is 1. The van der Waals surface area contributed by atoms with Gasteiger partial charge in [-0.2, -0.15) is 0 Å². The summed E-state index contributed by atoms with van der Waals surface area (Å²) in [5.74, 6) is 0.888. The molecule has 0 aliphatic carbocycles. The summed E-state index contributed by atoms with van der Waals surface area (Å²) in [6, 6.07) is 15.5. The molecule has 0 fully saturated rings. The van der Waals surface area contributed by atoms with Crippen molar-refractivity contribution in [2.75, 3.05) is 6.79 Å². The van der Waals surface area contributed by atoms with Gasteiger partial charge >= 0.3 is 5.69 Å². The number of pyridine rings is 1. The van der Waals surface area contributed by atoms with Crippen LogP contribution >= 0.6 is 11.6 Å². The minimum absolute atomic E-state index is 0.0279. The van der Waals surface area contributed by atoms with Crippen LogP contribution in [0, 0.1) is 0 Å². The van der Waals surface area contributed by atoms with Crippen LogP contribution in [0.2, 0.25) is 5.02 Å². The monoisotopic (exact) mass is 478 g/mol. The first-order chi connectivity index (χ1) is 16.5. The number of rotatable bonds is 6. The molecule has 0 bridgehead atoms. The number of halogens is 1. The van der Waals surface area contributed by atoms with E-state index in [9.17, 15) is 14.4 Å². The molecular formula is C24H19ClN4O5. The van der Waals surface area contributed by atoms with E-state index in [2.05, 4.69) is 10.3 Å². The van der Waals surface area contributed by atoms with Gasteiger partial charge in [0, 0.05) is 17.8 Å². The van der Waals surface area contributed by atoms with E-state index in [1.54, 1.807) is 48.5 Å². The van der Waals surface area contributed by atoms with Crippen LogP contribution < -0.4 is 26.0 Å². The molecule has 2 aromatic heterocycles. The van der Waals surface area contributed by atoms with E-state index in [4.69, 9.17) is 21.1 Å². The van der Waals surface area contributed by atoms with Gasteiger partial charge in [-0.1, -0.05) is 29.8 Å². The lowest BCUT2D eigenvalue weighted by Gasteiger charge is -2.14. The zero-order valence-corrected chi connectivity index (χ0v) is 18.6. The summed E-state index contributed by atoms with van der Waals surface area (Å²) in [4.78, 5) is 43.2. The molecule has 1 amide bonds. The number of benzene rings is 2. The summed E-state index contributed by atoms with van der Waals surface area (Å²) in [6.45, 7) is 0.165. The Morgan fingerprint density at radius 1 is 1.00 bits per heavy atom. The molecular weight excluding hydrogens is 460 g/mol. The maximum Gasteiger partial charge on any atom is 0.332 e. The third-order valence-electron chi connectivity index (χ3n) is 5.47. The van der Waals surface area contributed by atoms with Gasteiger partial charge in [-0.15, -0.1) is 0 Å². The summed E-state index contributed by atoms with van der Waals surface area (Å²) in [5, 5.41) is 3.35. The van der Waals surface area contributed by atoms with Gasteiger partial charge in [-0.25, -0.2) is 9.78 Å². The molecule has 0 atom stereocenters. The molecule has 0 radical (unpaired) electrons. The van der Waals surface area contributed by atoms with Gasteiger partial charge in [0.1, 0.15) is 6.54 Å². The third-order valence-corrected chi connectivity index (χ3v) is 5.72. The molecule has 0 saturated heterocycles. The first kappa shape index (κ1) is 21.7. The first-order valence-electron chi connectivity index (χ1n) is 10.5. The number of carbonyl (C=O) groups is 1. The normalized spacial score (nSPS) is 12.1. The summed E-state index contributed by atoms with van der Waals surface area (Å²) >= 11 is 5.94. The van der Waals surface area contributed by atoms with Crippen molar-refractivity contribution in [3.8, 4) is 11.5 Å². The molecule has 0 saturated carbocycles. The highest BCUT2D eigenvalue weighted by Gasteiger charge is 2.17. The first-order valence-corrected chi connectivity index (χ1v) is 10.9. The molecule has 9 nitrogen and oxygen atoms in total. The average molecular weight is 479 g/mol. The van der Waals surface area contributed by atoms with Crippen molar-refractivity contribution < 1.29 is 14.3 Å². The van der Waals surface area contributed by atoms with E-state index in [1.165, 1.54) is 10.8 Å². The van der Waals surface area contributed by atoms with Gasteiger partial charge < -0.3 is 14.8 Å². The molecule has 0 spiro atoms. The van der Waals surface area contributed by atoms with Crippen LogP contribution in [0.15, 0.2) is 70.4 Å². The van der Waals surface area contributed by atoms with Crippen molar-refractivity contribution in [2.45, 2.75) is 19.6 Å². The zero-order valence-electron chi connectivity index (χ0n) is 17.9. The summed E-state index contributed by atoms with van der Waals surface area (Å²) < 4.78 is 13.0. The Morgan fingerprint density at radius 2 is 1.76 bits per heavy atom. The Kier molecular flexibility index (Phi) is 5.77. The van der Waals surface area contributed by atoms with Crippen molar-refractivity contribution in [2.24, 2.45) is 0 Å². The van der Waals surface area contributed by atoms with Gasteiger partial charge in [0.15, 0.2) is 17.0 Å². The average Bonchev–Trinajstić information content (AvgIpc) is 3.32. The largest absolute Gasteiger partial charge is 0.454 e. The van der Waals surface area contributed by atoms with Gasteiger partial charge in [-0.05, 0) is 47.5 Å². The van der Waals surface area contributed by atoms with Crippen LogP contribution in [0.3, 0.4) is 0 Å². The molecule has 1 N–H and O–H groups in total. The van der Waals surface area contributed by atoms with Crippen molar-refractivity contribution in [1.29, 1.82) is 0 Å². The molecule has 5 rings (SSSR count).